The fourth-order valence-corrected chi connectivity index (χ4v) is 3.58. The third-order valence-corrected chi connectivity index (χ3v) is 5.31. The van der Waals surface area contributed by atoms with Crippen LogP contribution in [0.3, 0.4) is 0 Å². The largest absolute Gasteiger partial charge is 3.00 e. The first-order valence-electron chi connectivity index (χ1n) is 10.1. The molecule has 3 aromatic rings. The molecule has 0 heterocycles. The van der Waals surface area contributed by atoms with E-state index in [0.29, 0.717) is 15.1 Å². The number of carbonyl (C=O) groups excluding carboxylic acids is 3. The topological polar surface area (TPSA) is 148 Å². The number of benzene rings is 3. The summed E-state index contributed by atoms with van der Waals surface area (Å²) in [5.41, 5.74) is 0. The molecule has 0 aliphatic heterocycles. The first-order valence-corrected chi connectivity index (χ1v) is 12.4. The minimum Gasteiger partial charge on any atom is -0.546 e. The minimum atomic E-state index is -1.30. The van der Waals surface area contributed by atoms with E-state index in [1.807, 2.05) is 0 Å². The number of carboxylic acids is 3. The van der Waals surface area contributed by atoms with Gasteiger partial charge < -0.3 is 43.9 Å². The minimum absolute atomic E-state index is 0. The van der Waals surface area contributed by atoms with Crippen molar-refractivity contribution in [1.82, 2.24) is 0 Å². The molecule has 16 heteroatoms. The molecule has 0 saturated carbocycles. The number of rotatable bonds is 9. The van der Waals surface area contributed by atoms with Crippen LogP contribution in [-0.2, 0) is 14.4 Å². The van der Waals surface area contributed by atoms with Gasteiger partial charge in [-0.2, -0.15) is 0 Å². The summed E-state index contributed by atoms with van der Waals surface area (Å²) >= 11 is 33.9. The molecule has 0 aliphatic rings. The monoisotopic (exact) mass is 809 g/mol. The zero-order valence-electron chi connectivity index (χ0n) is 19.7. The van der Waals surface area contributed by atoms with Gasteiger partial charge in [0.05, 0.1) is 33.0 Å². The Morgan fingerprint density at radius 2 is 0.725 bits per heavy atom. The smallest absolute Gasteiger partial charge is 0.546 e. The van der Waals surface area contributed by atoms with Crippen molar-refractivity contribution in [3.05, 3.63) is 84.7 Å². The van der Waals surface area contributed by atoms with E-state index in [4.69, 9.17) is 83.8 Å². The van der Waals surface area contributed by atoms with Crippen LogP contribution in [-0.4, -0.2) is 37.7 Å². The maximum Gasteiger partial charge on any atom is 3.00 e. The van der Waals surface area contributed by atoms with Crippen molar-refractivity contribution in [3.63, 3.8) is 0 Å². The second-order valence-electron chi connectivity index (χ2n) is 6.71. The van der Waals surface area contributed by atoms with Crippen LogP contribution < -0.4 is 29.5 Å². The predicted octanol–water partition coefficient (Wildman–Crippen LogP) is 3.37. The van der Waals surface area contributed by atoms with Gasteiger partial charge in [-0.05, 0) is 54.6 Å². The van der Waals surface area contributed by atoms with Gasteiger partial charge in [0.1, 0.15) is 37.1 Å². The third-order valence-electron chi connectivity index (χ3n) is 3.72. The van der Waals surface area contributed by atoms with Crippen LogP contribution in [0.4, 0.5) is 0 Å². The average molecular weight is 810 g/mol. The Hall–Kier alpha value is -1.45. The summed E-state index contributed by atoms with van der Waals surface area (Å²) in [7, 11) is 0. The average Bonchev–Trinajstić information content (AvgIpc) is 2.83. The van der Waals surface area contributed by atoms with E-state index in [1.54, 1.807) is 18.2 Å². The van der Waals surface area contributed by atoms with Gasteiger partial charge in [-0.3, -0.25) is 0 Å². The van der Waals surface area contributed by atoms with E-state index in [0.717, 1.165) is 0 Å². The van der Waals surface area contributed by atoms with E-state index < -0.39 is 37.7 Å². The number of hydrogen-bond donors (Lipinski definition) is 0. The Bertz CT molecular complexity index is 1140. The van der Waals surface area contributed by atoms with Crippen molar-refractivity contribution in [2.45, 2.75) is 0 Å². The zero-order valence-corrected chi connectivity index (χ0v) is 26.8. The second kappa shape index (κ2) is 20.4. The normalized spacial score (nSPS) is 9.45. The second-order valence-corrected chi connectivity index (χ2v) is 9.24. The Kier molecular flexibility index (Phi) is 19.7. The van der Waals surface area contributed by atoms with Crippen molar-refractivity contribution < 1.29 is 84.3 Å². The fourth-order valence-electron chi connectivity index (χ4n) is 2.19. The number of halogens is 6. The molecular formula is C24H15Cl6O9Sm. The number of ether oxygens (including phenoxy) is 3. The number of aliphatic carboxylic acids is 3. The van der Waals surface area contributed by atoms with E-state index in [1.165, 1.54) is 36.4 Å². The molecule has 0 amide bonds. The van der Waals surface area contributed by atoms with Crippen LogP contribution >= 0.6 is 69.6 Å². The molecule has 0 atom stereocenters. The molecule has 40 heavy (non-hydrogen) atoms. The third kappa shape index (κ3) is 16.7. The van der Waals surface area contributed by atoms with E-state index in [9.17, 15) is 29.7 Å². The molecule has 0 aromatic heterocycles. The van der Waals surface area contributed by atoms with E-state index in [-0.39, 0.29) is 72.7 Å². The van der Waals surface area contributed by atoms with Crippen molar-refractivity contribution in [2.24, 2.45) is 0 Å². The molecule has 3 rings (SSSR count). The van der Waals surface area contributed by atoms with Gasteiger partial charge in [-0.15, -0.1) is 0 Å². The maximum absolute atomic E-state index is 10.0. The van der Waals surface area contributed by atoms with Crippen LogP contribution in [0, 0.1) is 40.4 Å². The standard InChI is InChI=1S/3C8H6Cl2O3.Sm/c3*9-5-1-2-7(6(10)3-5)13-4-8(11)12;/h3*1-3H,4H2,(H,11,12);/q;;;+3/p-3. The summed E-state index contributed by atoms with van der Waals surface area (Å²) in [4.78, 5) is 30.1. The molecule has 3 aromatic carbocycles. The summed E-state index contributed by atoms with van der Waals surface area (Å²) < 4.78 is 14.4. The van der Waals surface area contributed by atoms with Gasteiger partial charge in [0, 0.05) is 15.1 Å². The molecule has 0 N–H and O–H groups in total. The molecule has 213 valence electrons. The molecule has 0 aliphatic carbocycles. The van der Waals surface area contributed by atoms with Crippen LogP contribution in [0.15, 0.2) is 54.6 Å². The molecule has 0 fully saturated rings. The van der Waals surface area contributed by atoms with Crippen molar-refractivity contribution in [1.29, 1.82) is 0 Å². The van der Waals surface area contributed by atoms with Gasteiger partial charge in [-0.1, -0.05) is 69.6 Å². The predicted molar refractivity (Wildman–Crippen MR) is 141 cm³/mol. The maximum atomic E-state index is 10.0. The van der Waals surface area contributed by atoms with Crippen LogP contribution in [0.25, 0.3) is 0 Å². The zero-order chi connectivity index (χ0) is 29.5. The summed E-state index contributed by atoms with van der Waals surface area (Å²) in [6.07, 6.45) is 0. The molecule has 0 bridgehead atoms. The van der Waals surface area contributed by atoms with Gasteiger partial charge >= 0.3 is 40.4 Å². The molecular weight excluding hydrogens is 795 g/mol. The van der Waals surface area contributed by atoms with Crippen molar-refractivity contribution in [2.75, 3.05) is 19.8 Å². The number of hydrogen-bond acceptors (Lipinski definition) is 9. The number of carbonyl (C=O) groups is 3. The van der Waals surface area contributed by atoms with Gasteiger partial charge in [0.15, 0.2) is 0 Å². The SMILES string of the molecule is O=C([O-])COc1ccc(Cl)cc1Cl.O=C([O-])COc1ccc(Cl)cc1Cl.O=C([O-])COc1ccc(Cl)cc1Cl.[Sm+3]. The fraction of sp³-hybridized carbons (Fsp3) is 0.125. The Balaban J connectivity index is 0.000000563. The first-order chi connectivity index (χ1) is 18.3. The van der Waals surface area contributed by atoms with Crippen molar-refractivity contribution in [3.8, 4) is 17.2 Å². The summed E-state index contributed by atoms with van der Waals surface area (Å²) in [5, 5.41) is 32.3. The quantitative estimate of drug-likeness (QED) is 0.318. The summed E-state index contributed by atoms with van der Waals surface area (Å²) in [6.45, 7) is -1.58. The molecule has 0 saturated heterocycles. The summed E-state index contributed by atoms with van der Waals surface area (Å²) in [6, 6.07) is 13.5. The van der Waals surface area contributed by atoms with Gasteiger partial charge in [0.2, 0.25) is 0 Å². The molecule has 0 spiro atoms. The van der Waals surface area contributed by atoms with Crippen LogP contribution in [0.1, 0.15) is 0 Å². The van der Waals surface area contributed by atoms with Gasteiger partial charge in [-0.25, -0.2) is 0 Å². The Morgan fingerprint density at radius 1 is 0.500 bits per heavy atom. The van der Waals surface area contributed by atoms with E-state index >= 15 is 0 Å². The molecule has 9 nitrogen and oxygen atoms in total. The van der Waals surface area contributed by atoms with Crippen LogP contribution in [0.5, 0.6) is 17.2 Å². The molecule has 1 radical (unpaired) electrons. The van der Waals surface area contributed by atoms with Crippen molar-refractivity contribution >= 4 is 87.5 Å². The summed E-state index contributed by atoms with van der Waals surface area (Å²) in [5.74, 6) is -3.08. The Morgan fingerprint density at radius 3 is 0.900 bits per heavy atom. The van der Waals surface area contributed by atoms with E-state index in [2.05, 4.69) is 0 Å². The van der Waals surface area contributed by atoms with Crippen LogP contribution in [0.2, 0.25) is 30.1 Å². The first kappa shape index (κ1) is 38.5. The number of carboxylic acid groups (broad SMARTS) is 3. The van der Waals surface area contributed by atoms with Gasteiger partial charge in [0.25, 0.3) is 0 Å². The Labute approximate surface area is 290 Å². The molecule has 0 unspecified atom stereocenters.